The first-order valence-electron chi connectivity index (χ1n) is 10.5. The highest BCUT2D eigenvalue weighted by atomic mass is 16.5. The molecule has 0 N–H and O–H groups in total. The van der Waals surface area contributed by atoms with E-state index in [9.17, 15) is 9.59 Å². The largest absolute Gasteiger partial charge is 0.478 e. The van der Waals surface area contributed by atoms with Gasteiger partial charge in [0.1, 0.15) is 5.92 Å². The lowest BCUT2D eigenvalue weighted by atomic mass is 9.96. The minimum atomic E-state index is -0.894. The Kier molecular flexibility index (Phi) is 6.95. The fourth-order valence-corrected chi connectivity index (χ4v) is 3.58. The first-order valence-corrected chi connectivity index (χ1v) is 10.5. The summed E-state index contributed by atoms with van der Waals surface area (Å²) in [6.07, 6.45) is 6.65. The maximum Gasteiger partial charge on any atom is 0.215 e. The Morgan fingerprint density at radius 3 is 2.65 bits per heavy atom. The van der Waals surface area contributed by atoms with Gasteiger partial charge in [-0.15, -0.1) is 0 Å². The highest BCUT2D eigenvalue weighted by Crippen LogP contribution is 2.30. The Balaban J connectivity index is 1.85. The summed E-state index contributed by atoms with van der Waals surface area (Å²) < 4.78 is 5.51. The number of allylic oxidation sites excluding steroid dienone is 4. The summed E-state index contributed by atoms with van der Waals surface area (Å²) in [6.45, 7) is 8.53. The van der Waals surface area contributed by atoms with Crippen molar-refractivity contribution in [2.75, 3.05) is 13.7 Å². The third kappa shape index (κ3) is 4.71. The molecule has 1 atom stereocenters. The molecule has 5 nitrogen and oxygen atoms in total. The normalized spacial score (nSPS) is 17.9. The van der Waals surface area contributed by atoms with Gasteiger partial charge in [0, 0.05) is 23.6 Å². The molecule has 1 heterocycles. The molecule has 1 aromatic heterocycles. The van der Waals surface area contributed by atoms with Crippen molar-refractivity contribution in [3.05, 3.63) is 77.0 Å². The van der Waals surface area contributed by atoms with Crippen LogP contribution in [0.5, 0.6) is 0 Å². The van der Waals surface area contributed by atoms with Crippen molar-refractivity contribution in [3.63, 3.8) is 0 Å². The lowest BCUT2D eigenvalue weighted by molar-refractivity contribution is -0.122. The number of aliphatic imine (C=N–C) groups is 1. The van der Waals surface area contributed by atoms with Crippen LogP contribution in [0.25, 0.3) is 10.9 Å². The minimum absolute atomic E-state index is 0.242. The summed E-state index contributed by atoms with van der Waals surface area (Å²) in [6, 6.07) is 9.80. The third-order valence-corrected chi connectivity index (χ3v) is 5.31. The van der Waals surface area contributed by atoms with Crippen molar-refractivity contribution in [2.45, 2.75) is 39.5 Å². The first-order chi connectivity index (χ1) is 14.9. The summed E-state index contributed by atoms with van der Waals surface area (Å²) in [4.78, 5) is 34.4. The van der Waals surface area contributed by atoms with E-state index in [0.717, 1.165) is 16.5 Å². The second kappa shape index (κ2) is 9.65. The summed E-state index contributed by atoms with van der Waals surface area (Å²) in [7, 11) is 1.65. The van der Waals surface area contributed by atoms with Gasteiger partial charge in [0.2, 0.25) is 5.90 Å². The van der Waals surface area contributed by atoms with Crippen molar-refractivity contribution >= 4 is 28.4 Å². The van der Waals surface area contributed by atoms with Gasteiger partial charge in [-0.3, -0.25) is 19.6 Å². The predicted molar refractivity (Wildman–Crippen MR) is 125 cm³/mol. The smallest absolute Gasteiger partial charge is 0.215 e. The van der Waals surface area contributed by atoms with Crippen molar-refractivity contribution < 1.29 is 14.3 Å². The molecule has 0 saturated carbocycles. The molecule has 0 saturated heterocycles. The highest BCUT2D eigenvalue weighted by Gasteiger charge is 2.35. The van der Waals surface area contributed by atoms with Crippen LogP contribution in [0.1, 0.15) is 50.8 Å². The average molecular weight is 417 g/mol. The van der Waals surface area contributed by atoms with E-state index in [1.807, 2.05) is 38.1 Å². The third-order valence-electron chi connectivity index (χ3n) is 5.31. The SMILES string of the molecule is C/C=C(\C=C/C1=CC(=O)C(c2ccc3cc(C(C)C)ccc3n2)C1=O)C(=N/C)/OCC. The molecule has 1 unspecified atom stereocenters. The molecule has 0 radical (unpaired) electrons. The van der Waals surface area contributed by atoms with Crippen molar-refractivity contribution in [1.82, 2.24) is 4.98 Å². The van der Waals surface area contributed by atoms with Crippen LogP contribution in [0.4, 0.5) is 0 Å². The zero-order valence-electron chi connectivity index (χ0n) is 18.7. The number of carbonyl (C=O) groups excluding carboxylic acids is 2. The molecule has 0 aliphatic heterocycles. The van der Waals surface area contributed by atoms with Crippen LogP contribution in [0, 0.1) is 0 Å². The van der Waals surface area contributed by atoms with Crippen LogP contribution in [-0.4, -0.2) is 36.1 Å². The number of nitrogens with zero attached hydrogens (tertiary/aromatic N) is 2. The Morgan fingerprint density at radius 1 is 1.23 bits per heavy atom. The van der Waals surface area contributed by atoms with Crippen LogP contribution in [0.2, 0.25) is 0 Å². The molecule has 1 aliphatic carbocycles. The van der Waals surface area contributed by atoms with Gasteiger partial charge in [-0.05, 0) is 55.7 Å². The molecule has 3 rings (SSSR count). The first kappa shape index (κ1) is 22.3. The molecule has 0 amide bonds. The number of pyridine rings is 1. The number of Topliss-reactive ketones (excluding diaryl/α,β-unsaturated/α-hetero) is 1. The number of hydrogen-bond acceptors (Lipinski definition) is 5. The number of rotatable bonds is 6. The van der Waals surface area contributed by atoms with Gasteiger partial charge in [0.25, 0.3) is 0 Å². The van der Waals surface area contributed by atoms with E-state index in [-0.39, 0.29) is 11.6 Å². The van der Waals surface area contributed by atoms with Gasteiger partial charge in [0.15, 0.2) is 11.6 Å². The Labute approximate surface area is 183 Å². The predicted octanol–water partition coefficient (Wildman–Crippen LogP) is 5.09. The quantitative estimate of drug-likeness (QED) is 0.285. The molecule has 0 bridgehead atoms. The van der Waals surface area contributed by atoms with E-state index in [2.05, 4.69) is 29.9 Å². The van der Waals surface area contributed by atoms with E-state index >= 15 is 0 Å². The molecule has 0 fully saturated rings. The summed E-state index contributed by atoms with van der Waals surface area (Å²) in [5.41, 5.74) is 3.60. The summed E-state index contributed by atoms with van der Waals surface area (Å²) in [5.74, 6) is -0.467. The van der Waals surface area contributed by atoms with Gasteiger partial charge in [-0.25, -0.2) is 0 Å². The van der Waals surface area contributed by atoms with E-state index in [0.29, 0.717) is 29.7 Å². The van der Waals surface area contributed by atoms with Crippen molar-refractivity contribution in [2.24, 2.45) is 4.99 Å². The van der Waals surface area contributed by atoms with Crippen molar-refractivity contribution in [3.8, 4) is 0 Å². The Hall–Kier alpha value is -3.34. The molecular formula is C26H28N2O3. The number of carbonyl (C=O) groups is 2. The molecule has 2 aromatic rings. The number of hydrogen-bond donors (Lipinski definition) is 0. The zero-order valence-corrected chi connectivity index (χ0v) is 18.7. The van der Waals surface area contributed by atoms with E-state index in [4.69, 9.17) is 4.74 Å². The van der Waals surface area contributed by atoms with Gasteiger partial charge in [-0.1, -0.05) is 38.1 Å². The van der Waals surface area contributed by atoms with Crippen LogP contribution >= 0.6 is 0 Å². The highest BCUT2D eigenvalue weighted by molar-refractivity contribution is 6.26. The van der Waals surface area contributed by atoms with E-state index in [1.165, 1.54) is 11.6 Å². The molecular weight excluding hydrogens is 388 g/mol. The average Bonchev–Trinajstić information content (AvgIpc) is 3.05. The van der Waals surface area contributed by atoms with Gasteiger partial charge in [0.05, 0.1) is 17.8 Å². The van der Waals surface area contributed by atoms with Gasteiger partial charge in [-0.2, -0.15) is 0 Å². The monoisotopic (exact) mass is 416 g/mol. The minimum Gasteiger partial charge on any atom is -0.478 e. The number of ether oxygens (including phenoxy) is 1. The topological polar surface area (TPSA) is 68.6 Å². The molecule has 1 aliphatic rings. The van der Waals surface area contributed by atoms with E-state index < -0.39 is 5.92 Å². The molecule has 31 heavy (non-hydrogen) atoms. The summed E-state index contributed by atoms with van der Waals surface area (Å²) >= 11 is 0. The van der Waals surface area contributed by atoms with Crippen LogP contribution in [-0.2, 0) is 14.3 Å². The number of ketones is 2. The fraction of sp³-hybridized carbons (Fsp3) is 0.308. The lowest BCUT2D eigenvalue weighted by Gasteiger charge is -2.10. The zero-order chi connectivity index (χ0) is 22.5. The number of benzene rings is 1. The maximum atomic E-state index is 13.0. The summed E-state index contributed by atoms with van der Waals surface area (Å²) in [5, 5.41) is 1.00. The van der Waals surface area contributed by atoms with Crippen LogP contribution in [0.15, 0.2) is 70.8 Å². The Morgan fingerprint density at radius 2 is 2.00 bits per heavy atom. The van der Waals surface area contributed by atoms with Gasteiger partial charge >= 0.3 is 0 Å². The number of fused-ring (bicyclic) bond motifs is 1. The van der Waals surface area contributed by atoms with Gasteiger partial charge < -0.3 is 4.74 Å². The fourth-order valence-electron chi connectivity index (χ4n) is 3.58. The molecule has 5 heteroatoms. The van der Waals surface area contributed by atoms with Crippen molar-refractivity contribution in [1.29, 1.82) is 0 Å². The van der Waals surface area contributed by atoms with Crippen LogP contribution < -0.4 is 0 Å². The second-order valence-corrected chi connectivity index (χ2v) is 7.68. The van der Waals surface area contributed by atoms with E-state index in [1.54, 1.807) is 25.3 Å². The Bertz CT molecular complexity index is 1140. The molecule has 0 spiro atoms. The molecule has 160 valence electrons. The molecule has 1 aromatic carbocycles. The van der Waals surface area contributed by atoms with Crippen LogP contribution in [0.3, 0.4) is 0 Å². The second-order valence-electron chi connectivity index (χ2n) is 7.68. The number of aromatic nitrogens is 1. The maximum absolute atomic E-state index is 13.0. The lowest BCUT2D eigenvalue weighted by Crippen LogP contribution is -2.16. The standard InChI is InChI=1S/C26H28N2O3/c1-6-17(26(27-5)31-7-2)8-9-20-15-23(29)24(25(20)30)22-13-11-19-14-18(16(3)4)10-12-21(19)28-22/h6,8-16,24H,7H2,1-5H3/b9-8-,17-6+,27-26-.